The van der Waals surface area contributed by atoms with Crippen LogP contribution in [0.1, 0.15) is 31.1 Å². The normalized spacial score (nSPS) is 11.1. The van der Waals surface area contributed by atoms with E-state index in [-0.39, 0.29) is 12.5 Å². The van der Waals surface area contributed by atoms with Crippen LogP contribution in [0, 0.1) is 0 Å². The molecule has 2 heterocycles. The molecule has 36 heavy (non-hydrogen) atoms. The molecule has 5 aromatic rings. The van der Waals surface area contributed by atoms with E-state index < -0.39 is 0 Å². The fraction of sp³-hybridized carbons (Fsp3) is 0.143. The molecule has 180 valence electrons. The SMILES string of the molecule is CC(C)c1onc(-c2c(Cl)cccc2Cl)c1COc1ccc2cc(-c3cccc(N=C=O)c3)sc2c1. The number of hydrogen-bond acceptors (Lipinski definition) is 6. The maximum atomic E-state index is 10.6. The Hall–Kier alpha value is -3.41. The van der Waals surface area contributed by atoms with Crippen LogP contribution in [0.2, 0.25) is 10.0 Å². The number of hydrogen-bond donors (Lipinski definition) is 0. The van der Waals surface area contributed by atoms with Crippen LogP contribution in [-0.4, -0.2) is 11.2 Å². The molecule has 0 atom stereocenters. The molecule has 0 spiro atoms. The van der Waals surface area contributed by atoms with E-state index in [0.29, 0.717) is 27.0 Å². The number of aromatic nitrogens is 1. The second-order valence-electron chi connectivity index (χ2n) is 8.48. The van der Waals surface area contributed by atoms with E-state index in [2.05, 4.69) is 16.2 Å². The van der Waals surface area contributed by atoms with Gasteiger partial charge in [0.25, 0.3) is 0 Å². The van der Waals surface area contributed by atoms with Gasteiger partial charge in [-0.05, 0) is 59.5 Å². The Kier molecular flexibility index (Phi) is 6.95. The Morgan fingerprint density at radius 3 is 2.58 bits per heavy atom. The second-order valence-corrected chi connectivity index (χ2v) is 10.4. The van der Waals surface area contributed by atoms with Crippen molar-refractivity contribution in [3.63, 3.8) is 0 Å². The van der Waals surface area contributed by atoms with Crippen LogP contribution in [0.15, 0.2) is 76.2 Å². The fourth-order valence-corrected chi connectivity index (χ4v) is 5.68. The molecular weight excluding hydrogens is 515 g/mol. The average Bonchev–Trinajstić information content (AvgIpc) is 3.47. The minimum absolute atomic E-state index is 0.104. The third kappa shape index (κ3) is 4.81. The molecule has 0 aliphatic rings. The van der Waals surface area contributed by atoms with Crippen LogP contribution in [0.25, 0.3) is 31.8 Å². The van der Waals surface area contributed by atoms with E-state index in [9.17, 15) is 4.79 Å². The molecular formula is C28H20Cl2N2O3S. The van der Waals surface area contributed by atoms with Crippen molar-refractivity contribution in [1.82, 2.24) is 5.16 Å². The Labute approximate surface area is 221 Å². The lowest BCUT2D eigenvalue weighted by Gasteiger charge is -2.11. The van der Waals surface area contributed by atoms with E-state index in [1.54, 1.807) is 41.7 Å². The predicted octanol–water partition coefficient (Wildman–Crippen LogP) is 9.20. The lowest BCUT2D eigenvalue weighted by atomic mass is 10.0. The summed E-state index contributed by atoms with van der Waals surface area (Å²) in [5, 5.41) is 6.40. The molecule has 0 unspecified atom stereocenters. The smallest absolute Gasteiger partial charge is 0.240 e. The number of nitrogens with zero attached hydrogens (tertiary/aromatic N) is 2. The number of benzene rings is 3. The lowest BCUT2D eigenvalue weighted by molar-refractivity contribution is 0.299. The molecule has 0 radical (unpaired) electrons. The van der Waals surface area contributed by atoms with E-state index in [1.165, 1.54) is 0 Å². The summed E-state index contributed by atoms with van der Waals surface area (Å²) < 4.78 is 13.0. The lowest BCUT2D eigenvalue weighted by Crippen LogP contribution is -2.01. The summed E-state index contributed by atoms with van der Waals surface area (Å²) in [6.45, 7) is 4.33. The third-order valence-electron chi connectivity index (χ3n) is 5.72. The highest BCUT2D eigenvalue weighted by molar-refractivity contribution is 7.22. The first-order valence-electron chi connectivity index (χ1n) is 11.2. The maximum Gasteiger partial charge on any atom is 0.240 e. The molecule has 0 aliphatic heterocycles. The summed E-state index contributed by atoms with van der Waals surface area (Å²) in [7, 11) is 0. The van der Waals surface area contributed by atoms with Crippen LogP contribution in [-0.2, 0) is 11.4 Å². The highest BCUT2D eigenvalue weighted by Gasteiger charge is 2.24. The van der Waals surface area contributed by atoms with Gasteiger partial charge in [-0.3, -0.25) is 0 Å². The predicted molar refractivity (Wildman–Crippen MR) is 145 cm³/mol. The van der Waals surface area contributed by atoms with Gasteiger partial charge in [0.1, 0.15) is 23.8 Å². The molecule has 2 aromatic heterocycles. The van der Waals surface area contributed by atoms with Gasteiger partial charge in [-0.25, -0.2) is 4.79 Å². The standard InChI is InChI=1S/C28H20Cl2N2O3S/c1-16(2)28-21(27(32-35-28)26-22(29)7-4-8-23(26)30)14-34-20-10-9-18-12-24(36-25(18)13-20)17-5-3-6-19(11-17)31-15-33/h3-13,16H,14H2,1-2H3. The molecule has 0 N–H and O–H groups in total. The molecule has 0 amide bonds. The summed E-state index contributed by atoms with van der Waals surface area (Å²) in [4.78, 5) is 15.4. The number of isocyanates is 1. The van der Waals surface area contributed by atoms with Crippen molar-refractivity contribution in [2.45, 2.75) is 26.4 Å². The monoisotopic (exact) mass is 534 g/mol. The number of aliphatic imine (C=N–C) groups is 1. The Bertz CT molecular complexity index is 1600. The van der Waals surface area contributed by atoms with Gasteiger partial charge in [0.2, 0.25) is 6.08 Å². The van der Waals surface area contributed by atoms with Crippen LogP contribution in [0.3, 0.4) is 0 Å². The molecule has 0 bridgehead atoms. The minimum Gasteiger partial charge on any atom is -0.489 e. The fourth-order valence-electron chi connectivity index (χ4n) is 4.02. The van der Waals surface area contributed by atoms with Crippen molar-refractivity contribution in [3.05, 3.63) is 88.1 Å². The third-order valence-corrected chi connectivity index (χ3v) is 7.50. The minimum atomic E-state index is 0.104. The van der Waals surface area contributed by atoms with Crippen molar-refractivity contribution in [2.24, 2.45) is 4.99 Å². The molecule has 8 heteroatoms. The molecule has 5 rings (SSSR count). The Balaban J connectivity index is 1.45. The highest BCUT2D eigenvalue weighted by atomic mass is 35.5. The van der Waals surface area contributed by atoms with Gasteiger partial charge < -0.3 is 9.26 Å². The van der Waals surface area contributed by atoms with Gasteiger partial charge >= 0.3 is 0 Å². The summed E-state index contributed by atoms with van der Waals surface area (Å²) >= 11 is 14.6. The van der Waals surface area contributed by atoms with Crippen LogP contribution in [0.5, 0.6) is 5.75 Å². The van der Waals surface area contributed by atoms with Crippen LogP contribution >= 0.6 is 34.5 Å². The largest absolute Gasteiger partial charge is 0.489 e. The van der Waals surface area contributed by atoms with E-state index >= 15 is 0 Å². The number of carbonyl (C=O) groups excluding carboxylic acids is 1. The zero-order chi connectivity index (χ0) is 25.2. The van der Waals surface area contributed by atoms with E-state index in [4.69, 9.17) is 32.5 Å². The van der Waals surface area contributed by atoms with E-state index in [1.807, 2.05) is 50.2 Å². The molecule has 0 saturated carbocycles. The second kappa shape index (κ2) is 10.3. The van der Waals surface area contributed by atoms with Crippen LogP contribution < -0.4 is 4.74 Å². The van der Waals surface area contributed by atoms with Crippen molar-refractivity contribution in [3.8, 4) is 27.4 Å². The van der Waals surface area contributed by atoms with Gasteiger partial charge in [-0.2, -0.15) is 4.99 Å². The first-order valence-corrected chi connectivity index (χ1v) is 12.8. The quantitative estimate of drug-likeness (QED) is 0.154. The summed E-state index contributed by atoms with van der Waals surface area (Å²) in [6, 6.07) is 21.0. The van der Waals surface area contributed by atoms with Gasteiger partial charge in [0.05, 0.1) is 21.3 Å². The first-order chi connectivity index (χ1) is 17.4. The van der Waals surface area contributed by atoms with Gasteiger partial charge in [-0.15, -0.1) is 11.3 Å². The molecule has 0 fully saturated rings. The first kappa shape index (κ1) is 24.3. The number of ether oxygens (including phenoxy) is 1. The summed E-state index contributed by atoms with van der Waals surface area (Å²) in [6.07, 6.45) is 1.59. The summed E-state index contributed by atoms with van der Waals surface area (Å²) in [5.74, 6) is 1.56. The molecule has 3 aromatic carbocycles. The zero-order valence-corrected chi connectivity index (χ0v) is 21.7. The molecule has 0 aliphatic carbocycles. The molecule has 0 saturated heterocycles. The molecule has 5 nitrogen and oxygen atoms in total. The van der Waals surface area contributed by atoms with E-state index in [0.717, 1.165) is 37.6 Å². The Morgan fingerprint density at radius 2 is 1.83 bits per heavy atom. The van der Waals surface area contributed by atoms with Crippen molar-refractivity contribution < 1.29 is 14.1 Å². The highest BCUT2D eigenvalue weighted by Crippen LogP contribution is 2.40. The van der Waals surface area contributed by atoms with Gasteiger partial charge in [-0.1, -0.05) is 60.4 Å². The van der Waals surface area contributed by atoms with Gasteiger partial charge in [0.15, 0.2) is 0 Å². The number of halogens is 2. The zero-order valence-electron chi connectivity index (χ0n) is 19.4. The topological polar surface area (TPSA) is 64.7 Å². The maximum absolute atomic E-state index is 10.6. The number of fused-ring (bicyclic) bond motifs is 1. The van der Waals surface area contributed by atoms with Gasteiger partial charge in [0, 0.05) is 21.1 Å². The summed E-state index contributed by atoms with van der Waals surface area (Å²) in [5.41, 5.74) is 3.61. The van der Waals surface area contributed by atoms with Crippen molar-refractivity contribution in [1.29, 1.82) is 0 Å². The average molecular weight is 535 g/mol. The Morgan fingerprint density at radius 1 is 1.06 bits per heavy atom. The number of thiophene rings is 1. The number of rotatable bonds is 7. The van der Waals surface area contributed by atoms with Crippen molar-refractivity contribution >= 4 is 56.4 Å². The van der Waals surface area contributed by atoms with Crippen LogP contribution in [0.4, 0.5) is 5.69 Å². The van der Waals surface area contributed by atoms with Crippen molar-refractivity contribution in [2.75, 3.05) is 0 Å².